The molecule has 2 N–H and O–H groups in total. The van der Waals surface area contributed by atoms with Crippen molar-refractivity contribution < 1.29 is 19.1 Å². The van der Waals surface area contributed by atoms with Crippen molar-refractivity contribution in [3.63, 3.8) is 0 Å². The molecule has 0 fully saturated rings. The number of benzene rings is 1. The van der Waals surface area contributed by atoms with Crippen LogP contribution in [-0.4, -0.2) is 17.0 Å². The Kier molecular flexibility index (Phi) is 4.20. The van der Waals surface area contributed by atoms with Gasteiger partial charge in [0.05, 0.1) is 11.8 Å². The van der Waals surface area contributed by atoms with E-state index < -0.39 is 5.97 Å². The molecule has 1 amide bonds. The van der Waals surface area contributed by atoms with Crippen molar-refractivity contribution in [2.45, 2.75) is 19.8 Å². The summed E-state index contributed by atoms with van der Waals surface area (Å²) in [5.74, 6) is -0.439. The maximum atomic E-state index is 11.8. The largest absolute Gasteiger partial charge is 0.478 e. The molecule has 2 rings (SSSR count). The summed E-state index contributed by atoms with van der Waals surface area (Å²) in [5, 5.41) is 11.7. The maximum absolute atomic E-state index is 11.8. The lowest BCUT2D eigenvalue weighted by atomic mass is 10.1. The molecule has 0 unspecified atom stereocenters. The van der Waals surface area contributed by atoms with Gasteiger partial charge in [-0.15, -0.1) is 0 Å². The van der Waals surface area contributed by atoms with Crippen molar-refractivity contribution in [1.29, 1.82) is 0 Å². The highest BCUT2D eigenvalue weighted by Crippen LogP contribution is 2.16. The maximum Gasteiger partial charge on any atom is 0.336 e. The predicted molar refractivity (Wildman–Crippen MR) is 73.8 cm³/mol. The van der Waals surface area contributed by atoms with E-state index in [1.165, 1.54) is 6.07 Å². The minimum Gasteiger partial charge on any atom is -0.478 e. The highest BCUT2D eigenvalue weighted by Gasteiger charge is 2.10. The number of furan rings is 1. The molecule has 0 aliphatic heterocycles. The van der Waals surface area contributed by atoms with Crippen LogP contribution in [0.5, 0.6) is 0 Å². The standard InChI is InChI=1S/C15H15NO4/c1-10-4-5-11(9-13(10)15(18)19)16-14(17)7-6-12-3-2-8-20-12/h2-5,8-9H,6-7H2,1H3,(H,16,17)(H,18,19). The normalized spacial score (nSPS) is 10.2. The van der Waals surface area contributed by atoms with E-state index >= 15 is 0 Å². The van der Waals surface area contributed by atoms with Crippen LogP contribution >= 0.6 is 0 Å². The number of rotatable bonds is 5. The SMILES string of the molecule is Cc1ccc(NC(=O)CCc2ccco2)cc1C(=O)O. The van der Waals surface area contributed by atoms with Crippen LogP contribution in [0.25, 0.3) is 0 Å². The van der Waals surface area contributed by atoms with E-state index in [9.17, 15) is 9.59 Å². The van der Waals surface area contributed by atoms with Crippen LogP contribution in [0.2, 0.25) is 0 Å². The summed E-state index contributed by atoms with van der Waals surface area (Å²) in [7, 11) is 0. The van der Waals surface area contributed by atoms with Gasteiger partial charge in [-0.25, -0.2) is 4.79 Å². The fourth-order valence-corrected chi connectivity index (χ4v) is 1.85. The second kappa shape index (κ2) is 6.06. The third kappa shape index (κ3) is 3.47. The van der Waals surface area contributed by atoms with Crippen LogP contribution < -0.4 is 5.32 Å². The third-order valence-electron chi connectivity index (χ3n) is 2.93. The average molecular weight is 273 g/mol. The zero-order valence-corrected chi connectivity index (χ0v) is 11.1. The molecule has 1 aromatic carbocycles. The second-order valence-corrected chi connectivity index (χ2v) is 4.46. The van der Waals surface area contributed by atoms with Gasteiger partial charge in [0.25, 0.3) is 0 Å². The molecular formula is C15H15NO4. The summed E-state index contributed by atoms with van der Waals surface area (Å²) in [6.07, 6.45) is 2.35. The van der Waals surface area contributed by atoms with Crippen molar-refractivity contribution in [2.75, 3.05) is 5.32 Å². The Morgan fingerprint density at radius 1 is 1.30 bits per heavy atom. The molecule has 0 aliphatic rings. The van der Waals surface area contributed by atoms with Crippen LogP contribution in [-0.2, 0) is 11.2 Å². The van der Waals surface area contributed by atoms with E-state index in [-0.39, 0.29) is 17.9 Å². The first-order valence-corrected chi connectivity index (χ1v) is 6.22. The number of carbonyl (C=O) groups is 2. The summed E-state index contributed by atoms with van der Waals surface area (Å²) < 4.78 is 5.14. The van der Waals surface area contributed by atoms with Gasteiger partial charge in [0, 0.05) is 18.5 Å². The van der Waals surface area contributed by atoms with Crippen molar-refractivity contribution >= 4 is 17.6 Å². The van der Waals surface area contributed by atoms with E-state index in [2.05, 4.69) is 5.32 Å². The molecular weight excluding hydrogens is 258 g/mol. The first-order valence-electron chi connectivity index (χ1n) is 6.22. The van der Waals surface area contributed by atoms with Crippen molar-refractivity contribution in [3.05, 3.63) is 53.5 Å². The number of nitrogens with one attached hydrogen (secondary N) is 1. The Morgan fingerprint density at radius 2 is 2.10 bits per heavy atom. The lowest BCUT2D eigenvalue weighted by molar-refractivity contribution is -0.116. The molecule has 0 saturated carbocycles. The quantitative estimate of drug-likeness (QED) is 0.877. The number of amides is 1. The van der Waals surface area contributed by atoms with Gasteiger partial charge in [0.15, 0.2) is 0 Å². The number of carboxylic acids is 1. The number of hydrogen-bond donors (Lipinski definition) is 2. The number of aryl methyl sites for hydroxylation is 2. The van der Waals surface area contributed by atoms with Crippen LogP contribution in [0, 0.1) is 6.92 Å². The monoisotopic (exact) mass is 273 g/mol. The molecule has 0 spiro atoms. The van der Waals surface area contributed by atoms with Crippen molar-refractivity contribution in [1.82, 2.24) is 0 Å². The molecule has 20 heavy (non-hydrogen) atoms. The summed E-state index contributed by atoms with van der Waals surface area (Å²) in [6, 6.07) is 8.40. The number of aromatic carboxylic acids is 1. The number of anilines is 1. The minimum absolute atomic E-state index is 0.179. The first kappa shape index (κ1) is 13.9. The summed E-state index contributed by atoms with van der Waals surface area (Å²) in [6.45, 7) is 1.71. The first-order chi connectivity index (χ1) is 9.56. The van der Waals surface area contributed by atoms with Gasteiger partial charge in [-0.3, -0.25) is 4.79 Å². The van der Waals surface area contributed by atoms with E-state index in [0.29, 0.717) is 17.7 Å². The lowest BCUT2D eigenvalue weighted by Gasteiger charge is -2.07. The zero-order valence-electron chi connectivity index (χ0n) is 11.1. The Balaban J connectivity index is 1.97. The average Bonchev–Trinajstić information content (AvgIpc) is 2.91. The second-order valence-electron chi connectivity index (χ2n) is 4.46. The molecule has 0 aliphatic carbocycles. The van der Waals surface area contributed by atoms with E-state index in [1.807, 2.05) is 6.07 Å². The van der Waals surface area contributed by atoms with Gasteiger partial charge < -0.3 is 14.8 Å². The predicted octanol–water partition coefficient (Wildman–Crippen LogP) is 2.86. The molecule has 0 saturated heterocycles. The summed E-state index contributed by atoms with van der Waals surface area (Å²) >= 11 is 0. The van der Waals surface area contributed by atoms with Crippen LogP contribution in [0.15, 0.2) is 41.0 Å². The molecule has 1 aromatic heterocycles. The molecule has 5 nitrogen and oxygen atoms in total. The van der Waals surface area contributed by atoms with E-state index in [1.54, 1.807) is 31.4 Å². The topological polar surface area (TPSA) is 79.5 Å². The number of carboxylic acid groups (broad SMARTS) is 1. The van der Waals surface area contributed by atoms with E-state index in [4.69, 9.17) is 9.52 Å². The lowest BCUT2D eigenvalue weighted by Crippen LogP contribution is -2.13. The van der Waals surface area contributed by atoms with Gasteiger partial charge in [-0.2, -0.15) is 0 Å². The van der Waals surface area contributed by atoms with Crippen molar-refractivity contribution in [3.8, 4) is 0 Å². The molecule has 0 atom stereocenters. The number of hydrogen-bond acceptors (Lipinski definition) is 3. The Bertz CT molecular complexity index is 617. The highest BCUT2D eigenvalue weighted by atomic mass is 16.4. The fourth-order valence-electron chi connectivity index (χ4n) is 1.85. The van der Waals surface area contributed by atoms with Gasteiger partial charge >= 0.3 is 5.97 Å². The molecule has 0 bridgehead atoms. The van der Waals surface area contributed by atoms with Gasteiger partial charge in [0.1, 0.15) is 5.76 Å². The third-order valence-corrected chi connectivity index (χ3v) is 2.93. The smallest absolute Gasteiger partial charge is 0.336 e. The molecule has 1 heterocycles. The van der Waals surface area contributed by atoms with Crippen molar-refractivity contribution in [2.24, 2.45) is 0 Å². The molecule has 0 radical (unpaired) electrons. The summed E-state index contributed by atoms with van der Waals surface area (Å²) in [5.41, 5.74) is 1.33. The van der Waals surface area contributed by atoms with Crippen LogP contribution in [0.1, 0.15) is 28.1 Å². The zero-order chi connectivity index (χ0) is 14.5. The molecule has 2 aromatic rings. The fraction of sp³-hybridized carbons (Fsp3) is 0.200. The Morgan fingerprint density at radius 3 is 2.75 bits per heavy atom. The molecule has 5 heteroatoms. The Labute approximate surface area is 116 Å². The summed E-state index contributed by atoms with van der Waals surface area (Å²) in [4.78, 5) is 22.8. The van der Waals surface area contributed by atoms with Gasteiger partial charge in [-0.05, 0) is 36.8 Å². The minimum atomic E-state index is -1.01. The highest BCUT2D eigenvalue weighted by molar-refractivity contribution is 5.94. The van der Waals surface area contributed by atoms with Crippen LogP contribution in [0.4, 0.5) is 5.69 Å². The van der Waals surface area contributed by atoms with Crippen LogP contribution in [0.3, 0.4) is 0 Å². The van der Waals surface area contributed by atoms with E-state index in [0.717, 1.165) is 5.76 Å². The van der Waals surface area contributed by atoms with Gasteiger partial charge in [0.2, 0.25) is 5.91 Å². The van der Waals surface area contributed by atoms with Gasteiger partial charge in [-0.1, -0.05) is 6.07 Å². The number of carbonyl (C=O) groups excluding carboxylic acids is 1. The molecule has 104 valence electrons. The Hall–Kier alpha value is -2.56.